The van der Waals surface area contributed by atoms with Crippen molar-refractivity contribution in [3.05, 3.63) is 166 Å². The maximum Gasteiger partial charge on any atom is 0.408 e. The third-order valence-corrected chi connectivity index (χ3v) is 10.9. The number of hydrogen-bond acceptors (Lipinski definition) is 10. The lowest BCUT2D eigenvalue weighted by molar-refractivity contribution is -0.605. The van der Waals surface area contributed by atoms with Gasteiger partial charge in [0.15, 0.2) is 11.6 Å². The summed E-state index contributed by atoms with van der Waals surface area (Å²) in [6.07, 6.45) is -0.510. The Bertz CT molecular complexity index is 2520. The molecule has 2 heterocycles. The molecule has 1 N–H and O–H groups in total. The number of rotatable bonds is 10. The van der Waals surface area contributed by atoms with E-state index in [9.17, 15) is 14.9 Å². The van der Waals surface area contributed by atoms with Crippen LogP contribution in [-0.4, -0.2) is 54.6 Å². The van der Waals surface area contributed by atoms with Crippen LogP contribution in [0, 0.1) is 10.1 Å². The number of carbonyl (C=O) groups excluding carboxylic acids is 1. The molecule has 0 aliphatic carbocycles. The summed E-state index contributed by atoms with van der Waals surface area (Å²) >= 11 is 0. The van der Waals surface area contributed by atoms with Crippen molar-refractivity contribution in [2.45, 2.75) is 89.9 Å². The molecular weight excluding hydrogens is 801 g/mol. The van der Waals surface area contributed by atoms with Gasteiger partial charge in [-0.15, -0.1) is 0 Å². The van der Waals surface area contributed by atoms with E-state index in [0.29, 0.717) is 18.8 Å². The number of ether oxygens (including phenoxy) is 7. The first-order valence-electron chi connectivity index (χ1n) is 21.1. The molecule has 2 saturated heterocycles. The molecule has 2 aliphatic rings. The lowest BCUT2D eigenvalue weighted by Crippen LogP contribution is -2.59. The number of nitrogens with zero attached hydrogens (tertiary/aromatic N) is 1. The Kier molecular flexibility index (Phi) is 13.1. The number of alkyl carbamates (subject to hydrolysis) is 1. The second kappa shape index (κ2) is 18.4. The molecule has 2 fully saturated rings. The van der Waals surface area contributed by atoms with Gasteiger partial charge in [0.2, 0.25) is 0 Å². The van der Waals surface area contributed by atoms with Crippen LogP contribution in [0.5, 0.6) is 11.5 Å². The molecule has 0 spiro atoms. The van der Waals surface area contributed by atoms with Gasteiger partial charge in [0.25, 0.3) is 5.54 Å². The number of amides is 1. The van der Waals surface area contributed by atoms with E-state index in [4.69, 9.17) is 33.2 Å². The van der Waals surface area contributed by atoms with E-state index in [1.807, 2.05) is 156 Å². The van der Waals surface area contributed by atoms with Crippen molar-refractivity contribution in [1.29, 1.82) is 0 Å². The zero-order valence-corrected chi connectivity index (χ0v) is 37.0. The van der Waals surface area contributed by atoms with E-state index < -0.39 is 34.3 Å². The van der Waals surface area contributed by atoms with Gasteiger partial charge < -0.3 is 38.5 Å². The summed E-state index contributed by atoms with van der Waals surface area (Å²) in [7, 11) is 0. The summed E-state index contributed by atoms with van der Waals surface area (Å²) in [4.78, 5) is 24.3. The minimum Gasteiger partial charge on any atom is -0.489 e. The fourth-order valence-electron chi connectivity index (χ4n) is 7.23. The molecule has 6 aromatic carbocycles. The number of fused-ring (bicyclic) bond motifs is 2. The lowest BCUT2D eigenvalue weighted by Gasteiger charge is -2.44. The highest BCUT2D eigenvalue weighted by atomic mass is 16.7. The van der Waals surface area contributed by atoms with E-state index in [0.717, 1.165) is 49.7 Å². The Morgan fingerprint density at radius 1 is 0.603 bits per heavy atom. The summed E-state index contributed by atoms with van der Waals surface area (Å²) in [5.74, 6) is 0.0171. The molecule has 0 aromatic heterocycles. The summed E-state index contributed by atoms with van der Waals surface area (Å²) in [5, 5.41) is 18.9. The Hall–Kier alpha value is -6.05. The summed E-state index contributed by atoms with van der Waals surface area (Å²) in [6.45, 7) is 14.2. The monoisotopic (exact) mass is 856 g/mol. The van der Waals surface area contributed by atoms with Crippen LogP contribution < -0.4 is 14.8 Å². The third kappa shape index (κ3) is 11.3. The molecule has 12 nitrogen and oxygen atoms in total. The standard InChI is InChI=1S/C28H33NO5.C23H23NO5/c1-26(2,3)34-25(30)29-28(18-32-27(4,5)33-19-28)23-13-11-22-16-24(14-12-21(22)15-23)31-17-20-9-7-6-8-10-20;1-22(2)28-15-23(16-29-22,24(25)26)20-10-8-19-13-21(11-9-18(19)12-20)27-14-17-6-4-3-5-7-17/h6-16H,17-19H2,1-5H3,(H,29,30);3-13H,14-16H2,1-2H3. The van der Waals surface area contributed by atoms with Crippen LogP contribution in [0.2, 0.25) is 0 Å². The third-order valence-electron chi connectivity index (χ3n) is 10.9. The van der Waals surface area contributed by atoms with Crippen LogP contribution in [0.25, 0.3) is 21.5 Å². The second-order valence-electron chi connectivity index (χ2n) is 17.9. The predicted octanol–water partition coefficient (Wildman–Crippen LogP) is 10.6. The Labute approximate surface area is 368 Å². The van der Waals surface area contributed by atoms with Gasteiger partial charge in [0, 0.05) is 10.5 Å². The van der Waals surface area contributed by atoms with Gasteiger partial charge in [0.1, 0.15) is 49.1 Å². The van der Waals surface area contributed by atoms with Gasteiger partial charge in [-0.1, -0.05) is 97.1 Å². The van der Waals surface area contributed by atoms with Crippen molar-refractivity contribution in [3.63, 3.8) is 0 Å². The van der Waals surface area contributed by atoms with Crippen LogP contribution in [0.4, 0.5) is 4.79 Å². The first-order chi connectivity index (χ1) is 29.9. The van der Waals surface area contributed by atoms with Crippen molar-refractivity contribution < 1.29 is 42.9 Å². The van der Waals surface area contributed by atoms with Gasteiger partial charge >= 0.3 is 6.09 Å². The van der Waals surface area contributed by atoms with Gasteiger partial charge in [-0.3, -0.25) is 10.1 Å². The molecule has 0 saturated carbocycles. The highest BCUT2D eigenvalue weighted by molar-refractivity contribution is 5.86. The van der Waals surface area contributed by atoms with Crippen LogP contribution in [-0.2, 0) is 48.0 Å². The van der Waals surface area contributed by atoms with Gasteiger partial charge in [-0.2, -0.15) is 0 Å². The van der Waals surface area contributed by atoms with E-state index in [1.165, 1.54) is 0 Å². The average molecular weight is 857 g/mol. The zero-order chi connectivity index (χ0) is 44.9. The van der Waals surface area contributed by atoms with Crippen molar-refractivity contribution in [1.82, 2.24) is 5.32 Å². The van der Waals surface area contributed by atoms with E-state index in [1.54, 1.807) is 19.9 Å². The molecule has 6 aromatic rings. The highest BCUT2D eigenvalue weighted by Gasteiger charge is 2.52. The highest BCUT2D eigenvalue weighted by Crippen LogP contribution is 2.37. The van der Waals surface area contributed by atoms with Crippen molar-refractivity contribution in [2.75, 3.05) is 26.4 Å². The molecule has 330 valence electrons. The largest absolute Gasteiger partial charge is 0.489 e. The molecule has 63 heavy (non-hydrogen) atoms. The minimum atomic E-state index is -1.41. The molecule has 12 heteroatoms. The van der Waals surface area contributed by atoms with Gasteiger partial charge in [0.05, 0.1) is 13.2 Å². The summed E-state index contributed by atoms with van der Waals surface area (Å²) in [6, 6.07) is 43.3. The van der Waals surface area contributed by atoms with Crippen LogP contribution in [0.1, 0.15) is 70.7 Å². The smallest absolute Gasteiger partial charge is 0.408 e. The molecule has 0 atom stereocenters. The van der Waals surface area contributed by atoms with Gasteiger partial charge in [-0.05, 0) is 123 Å². The Morgan fingerprint density at radius 3 is 1.48 bits per heavy atom. The Balaban J connectivity index is 0.000000191. The van der Waals surface area contributed by atoms with E-state index in [-0.39, 0.29) is 31.4 Å². The van der Waals surface area contributed by atoms with Crippen molar-refractivity contribution in [3.8, 4) is 11.5 Å². The topological polar surface area (TPSA) is 137 Å². The molecule has 8 rings (SSSR count). The predicted molar refractivity (Wildman–Crippen MR) is 241 cm³/mol. The number of nitrogens with one attached hydrogen (secondary N) is 1. The van der Waals surface area contributed by atoms with Crippen LogP contribution in [0.3, 0.4) is 0 Å². The maximum absolute atomic E-state index is 12.7. The molecule has 0 bridgehead atoms. The molecule has 0 unspecified atom stereocenters. The maximum atomic E-state index is 12.7. The van der Waals surface area contributed by atoms with Crippen LogP contribution in [0.15, 0.2) is 133 Å². The van der Waals surface area contributed by atoms with E-state index in [2.05, 4.69) is 11.4 Å². The fraction of sp³-hybridized carbons (Fsp3) is 0.353. The first kappa shape index (κ1) is 45.0. The van der Waals surface area contributed by atoms with Crippen molar-refractivity contribution in [2.24, 2.45) is 0 Å². The fourth-order valence-corrected chi connectivity index (χ4v) is 7.23. The molecule has 2 aliphatic heterocycles. The normalized spacial score (nSPS) is 17.4. The number of benzene rings is 6. The lowest BCUT2D eigenvalue weighted by atomic mass is 9.88. The SMILES string of the molecule is CC(C)(C)OC(=O)NC1(c2ccc3cc(OCc4ccccc4)ccc3c2)COC(C)(C)OC1.CC1(C)OCC(c2ccc3cc(OCc4ccccc4)ccc3c2)([N+](=O)[O-])CO1. The number of carbonyl (C=O) groups is 1. The van der Waals surface area contributed by atoms with Gasteiger partial charge in [-0.25, -0.2) is 4.79 Å². The van der Waals surface area contributed by atoms with Crippen LogP contribution >= 0.6 is 0 Å². The van der Waals surface area contributed by atoms with E-state index >= 15 is 0 Å². The first-order valence-corrected chi connectivity index (χ1v) is 21.1. The number of hydrogen-bond donors (Lipinski definition) is 1. The Morgan fingerprint density at radius 2 is 1.02 bits per heavy atom. The summed E-state index contributed by atoms with van der Waals surface area (Å²) in [5.41, 5.74) is 0.786. The zero-order valence-electron chi connectivity index (χ0n) is 37.0. The average Bonchev–Trinajstić information content (AvgIpc) is 3.25. The quantitative estimate of drug-likeness (QED) is 0.105. The number of nitro groups is 1. The second-order valence-corrected chi connectivity index (χ2v) is 17.9. The molecular formula is C51H56N2O10. The molecule has 1 amide bonds. The minimum absolute atomic E-state index is 0.0310. The molecule has 0 radical (unpaired) electrons. The van der Waals surface area contributed by atoms with Crippen molar-refractivity contribution >= 4 is 27.6 Å². The summed E-state index contributed by atoms with van der Waals surface area (Å²) < 4.78 is 40.5.